The number of halogens is 2. The third kappa shape index (κ3) is 3.36. The van der Waals surface area contributed by atoms with Crippen molar-refractivity contribution in [2.75, 3.05) is 12.4 Å². The Balaban J connectivity index is 2.02. The van der Waals surface area contributed by atoms with E-state index in [4.69, 9.17) is 27.9 Å². The Morgan fingerprint density at radius 3 is 2.71 bits per heavy atom. The molecule has 1 aromatic heterocycles. The lowest BCUT2D eigenvalue weighted by molar-refractivity contribution is 0.380. The van der Waals surface area contributed by atoms with E-state index in [9.17, 15) is 0 Å². The first-order valence-electron chi connectivity index (χ1n) is 5.66. The first-order chi connectivity index (χ1) is 8.19. The van der Waals surface area contributed by atoms with E-state index in [0.717, 1.165) is 25.7 Å². The summed E-state index contributed by atoms with van der Waals surface area (Å²) in [5.41, 5.74) is 0. The van der Waals surface area contributed by atoms with Gasteiger partial charge < -0.3 is 10.1 Å². The zero-order valence-electron chi connectivity index (χ0n) is 9.62. The summed E-state index contributed by atoms with van der Waals surface area (Å²) in [5.74, 6) is 0.636. The molecule has 1 heterocycles. The zero-order chi connectivity index (χ0) is 12.3. The molecule has 0 radical (unpaired) electrons. The fourth-order valence-electron chi connectivity index (χ4n) is 1.94. The summed E-state index contributed by atoms with van der Waals surface area (Å²) in [6.07, 6.45) is 5.68. The van der Waals surface area contributed by atoms with Crippen molar-refractivity contribution in [1.29, 1.82) is 0 Å². The van der Waals surface area contributed by atoms with E-state index in [-0.39, 0.29) is 0 Å². The summed E-state index contributed by atoms with van der Waals surface area (Å²) in [4.78, 5) is 8.13. The van der Waals surface area contributed by atoms with E-state index < -0.39 is 0 Å². The summed E-state index contributed by atoms with van der Waals surface area (Å²) in [6, 6.07) is 0.699. The second-order valence-corrected chi connectivity index (χ2v) is 5.17. The summed E-state index contributed by atoms with van der Waals surface area (Å²) >= 11 is 12.1. The van der Waals surface area contributed by atoms with Crippen molar-refractivity contribution >= 4 is 29.0 Å². The van der Waals surface area contributed by atoms with E-state index in [2.05, 4.69) is 15.3 Å². The molecule has 1 aromatic rings. The Morgan fingerprint density at radius 1 is 1.35 bits per heavy atom. The molecule has 1 aliphatic rings. The van der Waals surface area contributed by atoms with Crippen LogP contribution in [0, 0.1) is 0 Å². The number of anilines is 1. The van der Waals surface area contributed by atoms with Gasteiger partial charge in [0.05, 0.1) is 13.3 Å². The second kappa shape index (κ2) is 5.74. The van der Waals surface area contributed by atoms with E-state index in [1.54, 1.807) is 6.20 Å². The van der Waals surface area contributed by atoms with Gasteiger partial charge in [-0.2, -0.15) is 4.98 Å². The third-order valence-electron chi connectivity index (χ3n) is 2.90. The maximum atomic E-state index is 6.06. The molecule has 4 nitrogen and oxygen atoms in total. The highest BCUT2D eigenvalue weighted by atomic mass is 35.5. The average molecular weight is 276 g/mol. The number of nitrogens with zero attached hydrogens (tertiary/aromatic N) is 2. The van der Waals surface area contributed by atoms with Crippen LogP contribution < -0.4 is 10.1 Å². The minimum atomic E-state index is 0.309. The molecule has 0 saturated heterocycles. The van der Waals surface area contributed by atoms with Crippen LogP contribution in [0.4, 0.5) is 5.82 Å². The van der Waals surface area contributed by atoms with Crippen LogP contribution in [0.1, 0.15) is 25.7 Å². The van der Waals surface area contributed by atoms with Crippen LogP contribution in [0.2, 0.25) is 5.02 Å². The Hall–Kier alpha value is -0.740. The van der Waals surface area contributed by atoms with Crippen LogP contribution in [0.15, 0.2) is 6.20 Å². The van der Waals surface area contributed by atoms with E-state index >= 15 is 0 Å². The molecule has 0 unspecified atom stereocenters. The van der Waals surface area contributed by atoms with E-state index in [1.807, 2.05) is 0 Å². The zero-order valence-corrected chi connectivity index (χ0v) is 11.1. The van der Waals surface area contributed by atoms with Gasteiger partial charge in [0.1, 0.15) is 5.02 Å². The van der Waals surface area contributed by atoms with Crippen molar-refractivity contribution in [3.05, 3.63) is 11.2 Å². The number of ether oxygens (including phenoxy) is 1. The number of aromatic nitrogens is 2. The molecule has 6 heteroatoms. The lowest BCUT2D eigenvalue weighted by Gasteiger charge is -2.26. The van der Waals surface area contributed by atoms with Crippen molar-refractivity contribution in [1.82, 2.24) is 9.97 Å². The molecule has 1 N–H and O–H groups in total. The molecule has 0 aromatic carbocycles. The number of hydrogen-bond donors (Lipinski definition) is 1. The molecule has 1 aliphatic carbocycles. The van der Waals surface area contributed by atoms with Crippen LogP contribution in [0.3, 0.4) is 0 Å². The highest BCUT2D eigenvalue weighted by Gasteiger charge is 2.20. The summed E-state index contributed by atoms with van der Waals surface area (Å²) in [5, 5.41) is 4.14. The van der Waals surface area contributed by atoms with Gasteiger partial charge in [0.25, 0.3) is 0 Å². The Morgan fingerprint density at radius 2 is 2.06 bits per heavy atom. The molecule has 0 bridgehead atoms. The van der Waals surface area contributed by atoms with Gasteiger partial charge in [-0.1, -0.05) is 11.6 Å². The highest BCUT2D eigenvalue weighted by Crippen LogP contribution is 2.27. The van der Waals surface area contributed by atoms with Gasteiger partial charge in [-0.3, -0.25) is 0 Å². The molecule has 0 amide bonds. The standard InChI is InChI=1S/C11H15Cl2N3O/c1-17-11-14-6-9(13)10(16-11)15-8-4-2-7(12)3-5-8/h6-8H,2-5H2,1H3,(H,14,15,16). The second-order valence-electron chi connectivity index (χ2n) is 4.15. The van der Waals surface area contributed by atoms with Crippen molar-refractivity contribution in [2.24, 2.45) is 0 Å². The first kappa shape index (κ1) is 12.7. The molecule has 1 saturated carbocycles. The van der Waals surface area contributed by atoms with Crippen LogP contribution in [-0.2, 0) is 0 Å². The van der Waals surface area contributed by atoms with Crippen LogP contribution >= 0.6 is 23.2 Å². The van der Waals surface area contributed by atoms with Gasteiger partial charge in [0, 0.05) is 11.4 Å². The topological polar surface area (TPSA) is 47.0 Å². The van der Waals surface area contributed by atoms with Crippen molar-refractivity contribution in [2.45, 2.75) is 37.1 Å². The molecular formula is C11H15Cl2N3O. The maximum absolute atomic E-state index is 6.06. The number of rotatable bonds is 3. The van der Waals surface area contributed by atoms with Gasteiger partial charge >= 0.3 is 6.01 Å². The summed E-state index contributed by atoms with van der Waals surface area (Å²) in [6.45, 7) is 0. The van der Waals surface area contributed by atoms with Gasteiger partial charge in [0.15, 0.2) is 5.82 Å². The summed E-state index contributed by atoms with van der Waals surface area (Å²) in [7, 11) is 1.53. The van der Waals surface area contributed by atoms with Crippen LogP contribution in [0.25, 0.3) is 0 Å². The van der Waals surface area contributed by atoms with Gasteiger partial charge in [-0.05, 0) is 25.7 Å². The van der Waals surface area contributed by atoms with Crippen molar-refractivity contribution in [3.63, 3.8) is 0 Å². The van der Waals surface area contributed by atoms with E-state index in [0.29, 0.717) is 28.3 Å². The largest absolute Gasteiger partial charge is 0.467 e. The predicted molar refractivity (Wildman–Crippen MR) is 69.1 cm³/mol. The molecular weight excluding hydrogens is 261 g/mol. The Labute approximate surface area is 111 Å². The molecule has 1 fully saturated rings. The Bertz CT molecular complexity index is 381. The smallest absolute Gasteiger partial charge is 0.318 e. The number of alkyl halides is 1. The Kier molecular flexibility index (Phi) is 4.29. The minimum Gasteiger partial charge on any atom is -0.467 e. The predicted octanol–water partition coefficient (Wildman–Crippen LogP) is 3.10. The fourth-order valence-corrected chi connectivity index (χ4v) is 2.34. The molecule has 94 valence electrons. The number of methoxy groups -OCH3 is 1. The van der Waals surface area contributed by atoms with Crippen molar-refractivity contribution < 1.29 is 4.74 Å². The number of nitrogens with one attached hydrogen (secondary N) is 1. The quantitative estimate of drug-likeness (QED) is 0.862. The van der Waals surface area contributed by atoms with Crippen LogP contribution in [-0.4, -0.2) is 28.5 Å². The molecule has 0 aliphatic heterocycles. The molecule has 0 atom stereocenters. The molecule has 17 heavy (non-hydrogen) atoms. The summed E-state index contributed by atoms with van der Waals surface area (Å²) < 4.78 is 4.97. The lowest BCUT2D eigenvalue weighted by atomic mass is 9.95. The monoisotopic (exact) mass is 275 g/mol. The van der Waals surface area contributed by atoms with Gasteiger partial charge in [-0.15, -0.1) is 11.6 Å². The van der Waals surface area contributed by atoms with Crippen LogP contribution in [0.5, 0.6) is 6.01 Å². The maximum Gasteiger partial charge on any atom is 0.318 e. The van der Waals surface area contributed by atoms with Crippen molar-refractivity contribution in [3.8, 4) is 6.01 Å². The molecule has 2 rings (SSSR count). The SMILES string of the molecule is COc1ncc(Cl)c(NC2CCC(Cl)CC2)n1. The molecule has 0 spiro atoms. The number of hydrogen-bond acceptors (Lipinski definition) is 4. The third-order valence-corrected chi connectivity index (χ3v) is 3.62. The van der Waals surface area contributed by atoms with Gasteiger partial charge in [0.2, 0.25) is 0 Å². The fraction of sp³-hybridized carbons (Fsp3) is 0.636. The minimum absolute atomic E-state index is 0.309. The lowest BCUT2D eigenvalue weighted by Crippen LogP contribution is -2.26. The normalized spacial score (nSPS) is 24.4. The first-order valence-corrected chi connectivity index (χ1v) is 6.47. The van der Waals surface area contributed by atoms with E-state index in [1.165, 1.54) is 7.11 Å². The van der Waals surface area contributed by atoms with Gasteiger partial charge in [-0.25, -0.2) is 4.98 Å². The average Bonchev–Trinajstić information content (AvgIpc) is 2.35. The highest BCUT2D eigenvalue weighted by molar-refractivity contribution is 6.32.